The molecular formula is C24H25NO4S2. The van der Waals surface area contributed by atoms with Gasteiger partial charge in [0.2, 0.25) is 5.91 Å². The van der Waals surface area contributed by atoms with E-state index in [1.807, 2.05) is 60.7 Å². The zero-order chi connectivity index (χ0) is 22.2. The lowest BCUT2D eigenvalue weighted by Gasteiger charge is -2.29. The van der Waals surface area contributed by atoms with Gasteiger partial charge in [-0.2, -0.15) is 0 Å². The summed E-state index contributed by atoms with van der Waals surface area (Å²) in [6, 6.07) is 19.5. The number of carbonyl (C=O) groups excluding carboxylic acids is 1. The fraction of sp³-hybridized carbons (Fsp3) is 0.292. The average molecular weight is 456 g/mol. The van der Waals surface area contributed by atoms with Gasteiger partial charge in [-0.25, -0.2) is 4.79 Å². The van der Waals surface area contributed by atoms with E-state index in [4.69, 9.17) is 17.3 Å². The molecule has 1 aliphatic rings. The van der Waals surface area contributed by atoms with Gasteiger partial charge in [0.05, 0.1) is 18.1 Å². The molecule has 1 heterocycles. The molecule has 2 aromatic carbocycles. The first-order valence-corrected chi connectivity index (χ1v) is 11.5. The van der Waals surface area contributed by atoms with Crippen molar-refractivity contribution in [3.8, 4) is 0 Å². The third-order valence-electron chi connectivity index (χ3n) is 5.26. The number of aliphatic carboxylic acids is 1. The summed E-state index contributed by atoms with van der Waals surface area (Å²) in [5.41, 5.74) is 2.16. The molecule has 0 aromatic heterocycles. The molecule has 1 aliphatic heterocycles. The molecule has 1 amide bonds. The van der Waals surface area contributed by atoms with E-state index >= 15 is 0 Å². The summed E-state index contributed by atoms with van der Waals surface area (Å²) in [7, 11) is 0. The van der Waals surface area contributed by atoms with E-state index in [1.54, 1.807) is 4.90 Å². The summed E-state index contributed by atoms with van der Waals surface area (Å²) in [5, 5.41) is 19.6. The molecule has 0 saturated carbocycles. The lowest BCUT2D eigenvalue weighted by atomic mass is 9.91. The van der Waals surface area contributed by atoms with E-state index in [1.165, 1.54) is 17.8 Å². The van der Waals surface area contributed by atoms with Gasteiger partial charge in [0, 0.05) is 11.8 Å². The summed E-state index contributed by atoms with van der Waals surface area (Å²) in [6.45, 7) is 0. The van der Waals surface area contributed by atoms with Crippen LogP contribution in [0, 0.1) is 5.92 Å². The lowest BCUT2D eigenvalue weighted by molar-refractivity contribution is -0.136. The maximum Gasteiger partial charge on any atom is 0.328 e. The Morgan fingerprint density at radius 2 is 1.71 bits per heavy atom. The SMILES string of the molecule is O=C(O)C=C[C@H](O)[C@H](CCc1ccccc1)C(=O)N1C(=S)SC[C@@H]1Cc1ccccc1. The van der Waals surface area contributed by atoms with Crippen LogP contribution < -0.4 is 0 Å². The second-order valence-corrected chi connectivity index (χ2v) is 9.10. The number of amides is 1. The molecule has 2 aromatic rings. The van der Waals surface area contributed by atoms with Gasteiger partial charge < -0.3 is 10.2 Å². The molecule has 31 heavy (non-hydrogen) atoms. The number of hydrogen-bond acceptors (Lipinski definition) is 5. The maximum atomic E-state index is 13.5. The van der Waals surface area contributed by atoms with Crippen LogP contribution in [-0.2, 0) is 22.4 Å². The second kappa shape index (κ2) is 11.2. The van der Waals surface area contributed by atoms with E-state index in [9.17, 15) is 14.7 Å². The van der Waals surface area contributed by atoms with E-state index in [2.05, 4.69) is 0 Å². The number of rotatable bonds is 9. The van der Waals surface area contributed by atoms with Gasteiger partial charge in [-0.3, -0.25) is 9.69 Å². The number of carboxylic acids is 1. The number of benzene rings is 2. The Labute approximate surface area is 191 Å². The number of nitrogens with zero attached hydrogens (tertiary/aromatic N) is 1. The molecule has 1 saturated heterocycles. The fourth-order valence-corrected chi connectivity index (χ4v) is 5.09. The molecule has 5 nitrogen and oxygen atoms in total. The van der Waals surface area contributed by atoms with Gasteiger partial charge in [0.15, 0.2) is 0 Å². The van der Waals surface area contributed by atoms with Crippen molar-refractivity contribution in [1.29, 1.82) is 0 Å². The van der Waals surface area contributed by atoms with Crippen molar-refractivity contribution in [3.63, 3.8) is 0 Å². The number of carboxylic acid groups (broad SMARTS) is 1. The maximum absolute atomic E-state index is 13.5. The van der Waals surface area contributed by atoms with E-state index < -0.39 is 18.0 Å². The molecule has 0 radical (unpaired) electrons. The van der Waals surface area contributed by atoms with E-state index in [0.717, 1.165) is 17.2 Å². The highest BCUT2D eigenvalue weighted by Crippen LogP contribution is 2.30. The number of aryl methyl sites for hydroxylation is 1. The first-order chi connectivity index (χ1) is 15.0. The summed E-state index contributed by atoms with van der Waals surface area (Å²) in [5.74, 6) is -1.51. The number of hydrogen-bond donors (Lipinski definition) is 2. The highest BCUT2D eigenvalue weighted by atomic mass is 32.2. The Bertz CT molecular complexity index is 933. The highest BCUT2D eigenvalue weighted by Gasteiger charge is 2.39. The summed E-state index contributed by atoms with van der Waals surface area (Å²) in [6.07, 6.45) is 2.49. The Morgan fingerprint density at radius 1 is 1.10 bits per heavy atom. The Hall–Kier alpha value is -2.48. The predicted octanol–water partition coefficient (Wildman–Crippen LogP) is 3.71. The number of carbonyl (C=O) groups is 2. The molecule has 3 atom stereocenters. The van der Waals surface area contributed by atoms with Crippen molar-refractivity contribution >= 4 is 40.2 Å². The van der Waals surface area contributed by atoms with Gasteiger partial charge in [-0.15, -0.1) is 0 Å². The van der Waals surface area contributed by atoms with Gasteiger partial charge in [-0.1, -0.05) is 84.6 Å². The Kier molecular flexibility index (Phi) is 8.40. The molecule has 0 bridgehead atoms. The van der Waals surface area contributed by atoms with Crippen molar-refractivity contribution in [2.75, 3.05) is 5.75 Å². The van der Waals surface area contributed by atoms with Crippen LogP contribution in [0.25, 0.3) is 0 Å². The predicted molar refractivity (Wildman–Crippen MR) is 127 cm³/mol. The molecule has 7 heteroatoms. The van der Waals surface area contributed by atoms with Crippen LogP contribution in [-0.4, -0.2) is 49.2 Å². The molecule has 162 valence electrons. The monoisotopic (exact) mass is 455 g/mol. The minimum absolute atomic E-state index is 0.0951. The van der Waals surface area contributed by atoms with E-state index in [0.29, 0.717) is 29.3 Å². The normalized spacial score (nSPS) is 18.3. The fourth-order valence-electron chi connectivity index (χ4n) is 3.67. The summed E-state index contributed by atoms with van der Waals surface area (Å²) in [4.78, 5) is 26.1. The van der Waals surface area contributed by atoms with Crippen molar-refractivity contribution in [2.45, 2.75) is 31.4 Å². The molecule has 1 fully saturated rings. The summed E-state index contributed by atoms with van der Waals surface area (Å²) < 4.78 is 0.505. The topological polar surface area (TPSA) is 77.8 Å². The van der Waals surface area contributed by atoms with Crippen LogP contribution in [0.15, 0.2) is 72.8 Å². The minimum atomic E-state index is -1.21. The van der Waals surface area contributed by atoms with Crippen LogP contribution in [0.3, 0.4) is 0 Å². The van der Waals surface area contributed by atoms with Crippen LogP contribution in [0.4, 0.5) is 0 Å². The van der Waals surface area contributed by atoms with Crippen LogP contribution in [0.2, 0.25) is 0 Å². The van der Waals surface area contributed by atoms with Crippen molar-refractivity contribution in [2.24, 2.45) is 5.92 Å². The third-order valence-corrected chi connectivity index (χ3v) is 6.81. The van der Waals surface area contributed by atoms with Gasteiger partial charge in [-0.05, 0) is 36.5 Å². The number of aliphatic hydroxyl groups is 1. The zero-order valence-electron chi connectivity index (χ0n) is 17.0. The van der Waals surface area contributed by atoms with Crippen molar-refractivity contribution in [1.82, 2.24) is 4.90 Å². The van der Waals surface area contributed by atoms with Crippen LogP contribution in [0.5, 0.6) is 0 Å². The Morgan fingerprint density at radius 3 is 2.32 bits per heavy atom. The lowest BCUT2D eigenvalue weighted by Crippen LogP contribution is -2.46. The van der Waals surface area contributed by atoms with Crippen LogP contribution >= 0.6 is 24.0 Å². The zero-order valence-corrected chi connectivity index (χ0v) is 18.6. The van der Waals surface area contributed by atoms with Crippen LogP contribution in [0.1, 0.15) is 17.5 Å². The molecule has 0 aliphatic carbocycles. The van der Waals surface area contributed by atoms with Gasteiger partial charge >= 0.3 is 5.97 Å². The standard InChI is InChI=1S/C24H25NO4S2/c26-21(13-14-22(27)28)20(12-11-17-7-3-1-4-8-17)23(29)25-19(16-31-24(25)30)15-18-9-5-2-6-10-18/h1-10,13-14,19-21,26H,11-12,15-16H2,(H,27,28)/t19-,20-,21-/m0/s1. The first kappa shape index (κ1) is 23.2. The number of thiocarbonyl (C=S) groups is 1. The first-order valence-electron chi connectivity index (χ1n) is 10.1. The van der Waals surface area contributed by atoms with E-state index in [-0.39, 0.29) is 11.9 Å². The molecular weight excluding hydrogens is 430 g/mol. The third kappa shape index (κ3) is 6.50. The van der Waals surface area contributed by atoms with Gasteiger partial charge in [0.25, 0.3) is 0 Å². The minimum Gasteiger partial charge on any atom is -0.478 e. The second-order valence-electron chi connectivity index (χ2n) is 7.45. The molecule has 0 unspecified atom stereocenters. The number of thioether (sulfide) groups is 1. The molecule has 2 N–H and O–H groups in total. The van der Waals surface area contributed by atoms with Gasteiger partial charge in [0.1, 0.15) is 4.32 Å². The largest absolute Gasteiger partial charge is 0.478 e. The highest BCUT2D eigenvalue weighted by molar-refractivity contribution is 8.23. The van der Waals surface area contributed by atoms with Crippen molar-refractivity contribution < 1.29 is 19.8 Å². The summed E-state index contributed by atoms with van der Waals surface area (Å²) >= 11 is 6.94. The smallest absolute Gasteiger partial charge is 0.328 e. The molecule has 3 rings (SSSR count). The van der Waals surface area contributed by atoms with Crippen molar-refractivity contribution in [3.05, 3.63) is 83.9 Å². The quantitative estimate of drug-likeness (QED) is 0.443. The Balaban J connectivity index is 1.80. The number of aliphatic hydroxyl groups excluding tert-OH is 1. The molecule has 0 spiro atoms. The average Bonchev–Trinajstić information content (AvgIpc) is 3.13.